The van der Waals surface area contributed by atoms with Gasteiger partial charge in [0.2, 0.25) is 0 Å². The van der Waals surface area contributed by atoms with Crippen LogP contribution in [0.5, 0.6) is 0 Å². The van der Waals surface area contributed by atoms with Crippen molar-refractivity contribution in [2.24, 2.45) is 5.92 Å². The second-order valence-electron chi connectivity index (χ2n) is 7.92. The molecule has 3 aromatic rings. The molecule has 0 aliphatic rings. The Bertz CT molecular complexity index is 841. The normalized spacial score (nSPS) is 13.8. The molecule has 26 heavy (non-hydrogen) atoms. The van der Waals surface area contributed by atoms with Gasteiger partial charge in [0.15, 0.2) is 0 Å². The fourth-order valence-corrected chi connectivity index (χ4v) is 4.30. The second-order valence-corrected chi connectivity index (χ2v) is 7.92. The molecule has 0 spiro atoms. The number of rotatable bonds is 5. The van der Waals surface area contributed by atoms with Gasteiger partial charge in [-0.05, 0) is 46.6 Å². The first-order chi connectivity index (χ1) is 12.5. The van der Waals surface area contributed by atoms with Crippen molar-refractivity contribution in [1.82, 2.24) is 0 Å². The molecular formula is C26H30. The van der Waals surface area contributed by atoms with Crippen molar-refractivity contribution in [2.45, 2.75) is 46.0 Å². The van der Waals surface area contributed by atoms with Gasteiger partial charge >= 0.3 is 0 Å². The lowest BCUT2D eigenvalue weighted by atomic mass is 9.62. The van der Waals surface area contributed by atoms with Gasteiger partial charge in [0.25, 0.3) is 0 Å². The fraction of sp³-hybridized carbons (Fsp3) is 0.308. The SMILES string of the molecule is Cc1ccccc1C(c1ccccc1)(c1ccc(C(C)C)cc1)C(C)C. The van der Waals surface area contributed by atoms with Crippen LogP contribution in [0.2, 0.25) is 0 Å². The van der Waals surface area contributed by atoms with Crippen molar-refractivity contribution >= 4 is 0 Å². The van der Waals surface area contributed by atoms with Crippen LogP contribution in [0.4, 0.5) is 0 Å². The summed E-state index contributed by atoms with van der Waals surface area (Å²) in [6.45, 7) is 11.4. The molecule has 0 aromatic heterocycles. The Morgan fingerprint density at radius 2 is 1.15 bits per heavy atom. The maximum absolute atomic E-state index is 2.34. The standard InChI is InChI=1S/C26H30/c1-19(2)22-15-17-24(18-16-22)26(20(3)4,23-12-7-6-8-13-23)25-14-10-9-11-21(25)5/h6-20H,1-5H3. The van der Waals surface area contributed by atoms with E-state index in [9.17, 15) is 0 Å². The molecule has 0 nitrogen and oxygen atoms in total. The van der Waals surface area contributed by atoms with E-state index in [1.165, 1.54) is 27.8 Å². The Morgan fingerprint density at radius 3 is 1.69 bits per heavy atom. The van der Waals surface area contributed by atoms with Gasteiger partial charge < -0.3 is 0 Å². The molecule has 0 amide bonds. The van der Waals surface area contributed by atoms with Crippen molar-refractivity contribution < 1.29 is 0 Å². The summed E-state index contributed by atoms with van der Waals surface area (Å²) < 4.78 is 0. The maximum atomic E-state index is 2.34. The minimum Gasteiger partial charge on any atom is -0.0622 e. The van der Waals surface area contributed by atoms with Crippen LogP contribution in [-0.4, -0.2) is 0 Å². The highest BCUT2D eigenvalue weighted by Crippen LogP contribution is 2.46. The third kappa shape index (κ3) is 3.09. The zero-order chi connectivity index (χ0) is 18.7. The molecule has 0 heteroatoms. The lowest BCUT2D eigenvalue weighted by Crippen LogP contribution is -2.36. The molecule has 0 saturated heterocycles. The zero-order valence-corrected chi connectivity index (χ0v) is 16.7. The molecule has 0 fully saturated rings. The van der Waals surface area contributed by atoms with E-state index >= 15 is 0 Å². The first kappa shape index (κ1) is 18.5. The highest BCUT2D eigenvalue weighted by Gasteiger charge is 2.40. The van der Waals surface area contributed by atoms with Crippen LogP contribution >= 0.6 is 0 Å². The van der Waals surface area contributed by atoms with E-state index in [2.05, 4.69) is 113 Å². The molecular weight excluding hydrogens is 312 g/mol. The Balaban J connectivity index is 2.33. The summed E-state index contributed by atoms with van der Waals surface area (Å²) in [4.78, 5) is 0. The van der Waals surface area contributed by atoms with Crippen molar-refractivity contribution in [3.8, 4) is 0 Å². The maximum Gasteiger partial charge on any atom is 0.0476 e. The molecule has 0 aliphatic carbocycles. The molecule has 1 atom stereocenters. The molecule has 3 aromatic carbocycles. The summed E-state index contributed by atoms with van der Waals surface area (Å²) in [6, 6.07) is 29.1. The first-order valence-corrected chi connectivity index (χ1v) is 9.70. The molecule has 0 radical (unpaired) electrons. The minimum atomic E-state index is -0.151. The summed E-state index contributed by atoms with van der Waals surface area (Å²) >= 11 is 0. The third-order valence-corrected chi connectivity index (χ3v) is 5.70. The van der Waals surface area contributed by atoms with Crippen molar-refractivity contribution in [3.63, 3.8) is 0 Å². The van der Waals surface area contributed by atoms with E-state index in [4.69, 9.17) is 0 Å². The van der Waals surface area contributed by atoms with Crippen LogP contribution in [0.15, 0.2) is 78.9 Å². The van der Waals surface area contributed by atoms with Crippen LogP contribution in [0.25, 0.3) is 0 Å². The molecule has 3 rings (SSSR count). The quantitative estimate of drug-likeness (QED) is 0.433. The van der Waals surface area contributed by atoms with E-state index < -0.39 is 0 Å². The van der Waals surface area contributed by atoms with E-state index in [1.807, 2.05) is 0 Å². The number of hydrogen-bond donors (Lipinski definition) is 0. The molecule has 0 aliphatic heterocycles. The molecule has 0 heterocycles. The average molecular weight is 343 g/mol. The molecule has 0 N–H and O–H groups in total. The molecule has 134 valence electrons. The van der Waals surface area contributed by atoms with E-state index in [0.717, 1.165) is 0 Å². The monoisotopic (exact) mass is 342 g/mol. The number of hydrogen-bond acceptors (Lipinski definition) is 0. The molecule has 0 bridgehead atoms. The minimum absolute atomic E-state index is 0.151. The zero-order valence-electron chi connectivity index (χ0n) is 16.7. The summed E-state index contributed by atoms with van der Waals surface area (Å²) in [5, 5.41) is 0. The second kappa shape index (κ2) is 7.50. The lowest BCUT2D eigenvalue weighted by Gasteiger charge is -2.41. The van der Waals surface area contributed by atoms with Gasteiger partial charge in [-0.2, -0.15) is 0 Å². The predicted molar refractivity (Wildman–Crippen MR) is 113 cm³/mol. The molecule has 0 saturated carbocycles. The largest absolute Gasteiger partial charge is 0.0622 e. The summed E-state index contributed by atoms with van der Waals surface area (Å²) in [5.41, 5.74) is 6.72. The highest BCUT2D eigenvalue weighted by molar-refractivity contribution is 5.54. The van der Waals surface area contributed by atoms with Gasteiger partial charge in [0, 0.05) is 5.41 Å². The van der Waals surface area contributed by atoms with E-state index in [0.29, 0.717) is 11.8 Å². The van der Waals surface area contributed by atoms with Gasteiger partial charge in [-0.1, -0.05) is 107 Å². The Hall–Kier alpha value is -2.34. The highest BCUT2D eigenvalue weighted by atomic mass is 14.4. The Labute approximate surface area is 158 Å². The Kier molecular flexibility index (Phi) is 5.32. The lowest BCUT2D eigenvalue weighted by molar-refractivity contribution is 0.435. The van der Waals surface area contributed by atoms with Gasteiger partial charge in [0.05, 0.1) is 0 Å². The van der Waals surface area contributed by atoms with Gasteiger partial charge in [-0.15, -0.1) is 0 Å². The first-order valence-electron chi connectivity index (χ1n) is 9.70. The Morgan fingerprint density at radius 1 is 0.615 bits per heavy atom. The summed E-state index contributed by atoms with van der Waals surface area (Å²) in [5.74, 6) is 0.976. The van der Waals surface area contributed by atoms with Crippen molar-refractivity contribution in [2.75, 3.05) is 0 Å². The topological polar surface area (TPSA) is 0 Å². The van der Waals surface area contributed by atoms with Crippen LogP contribution in [0.1, 0.15) is 61.4 Å². The smallest absolute Gasteiger partial charge is 0.0476 e. The summed E-state index contributed by atoms with van der Waals surface area (Å²) in [6.07, 6.45) is 0. The fourth-order valence-electron chi connectivity index (χ4n) is 4.30. The van der Waals surface area contributed by atoms with Gasteiger partial charge in [-0.3, -0.25) is 0 Å². The predicted octanol–water partition coefficient (Wildman–Crippen LogP) is 7.11. The van der Waals surface area contributed by atoms with E-state index in [-0.39, 0.29) is 5.41 Å². The third-order valence-electron chi connectivity index (χ3n) is 5.70. The van der Waals surface area contributed by atoms with Crippen molar-refractivity contribution in [1.29, 1.82) is 0 Å². The van der Waals surface area contributed by atoms with Crippen molar-refractivity contribution in [3.05, 3.63) is 107 Å². The molecule has 1 unspecified atom stereocenters. The number of benzene rings is 3. The van der Waals surface area contributed by atoms with Crippen LogP contribution < -0.4 is 0 Å². The number of aryl methyl sites for hydroxylation is 1. The van der Waals surface area contributed by atoms with Crippen LogP contribution in [-0.2, 0) is 5.41 Å². The van der Waals surface area contributed by atoms with Gasteiger partial charge in [-0.25, -0.2) is 0 Å². The van der Waals surface area contributed by atoms with E-state index in [1.54, 1.807) is 0 Å². The van der Waals surface area contributed by atoms with Crippen LogP contribution in [0, 0.1) is 12.8 Å². The van der Waals surface area contributed by atoms with Gasteiger partial charge in [0.1, 0.15) is 0 Å². The average Bonchev–Trinajstić information content (AvgIpc) is 2.65. The van der Waals surface area contributed by atoms with Crippen LogP contribution in [0.3, 0.4) is 0 Å². The summed E-state index contributed by atoms with van der Waals surface area (Å²) in [7, 11) is 0.